The molecule has 0 saturated heterocycles. The molecule has 3 rings (SSSR count). The summed E-state index contributed by atoms with van der Waals surface area (Å²) in [4.78, 5) is 25.7. The molecule has 136 valence electrons. The van der Waals surface area contributed by atoms with Crippen molar-refractivity contribution in [3.05, 3.63) is 100 Å². The van der Waals surface area contributed by atoms with Gasteiger partial charge in [-0.1, -0.05) is 76.6 Å². The van der Waals surface area contributed by atoms with E-state index in [4.69, 9.17) is 4.74 Å². The number of methoxy groups -OCH3 is 1. The number of halogens is 1. The molecule has 1 atom stereocenters. The van der Waals surface area contributed by atoms with Gasteiger partial charge in [-0.05, 0) is 23.8 Å². The Kier molecular flexibility index (Phi) is 6.16. The van der Waals surface area contributed by atoms with Gasteiger partial charge in [-0.2, -0.15) is 0 Å². The number of anilines is 1. The number of benzene rings is 3. The fourth-order valence-electron chi connectivity index (χ4n) is 2.78. The number of ether oxygens (including phenoxy) is 1. The number of carbonyl (C=O) groups excluding carboxylic acids is 2. The fourth-order valence-corrected chi connectivity index (χ4v) is 3.14. The van der Waals surface area contributed by atoms with E-state index in [1.807, 2.05) is 36.4 Å². The van der Waals surface area contributed by atoms with Gasteiger partial charge in [0.15, 0.2) is 11.9 Å². The van der Waals surface area contributed by atoms with E-state index in [1.54, 1.807) is 42.5 Å². The second kappa shape index (κ2) is 8.75. The molecule has 0 bridgehead atoms. The van der Waals surface area contributed by atoms with E-state index in [-0.39, 0.29) is 11.7 Å². The normalized spacial score (nSPS) is 11.6. The van der Waals surface area contributed by atoms with Crippen molar-refractivity contribution in [2.75, 3.05) is 12.4 Å². The Bertz CT molecular complexity index is 942. The number of carbonyl (C=O) groups is 2. The van der Waals surface area contributed by atoms with Crippen molar-refractivity contribution in [3.63, 3.8) is 0 Å². The lowest BCUT2D eigenvalue weighted by Gasteiger charge is -2.17. The number of hydrogen-bond donors (Lipinski definition) is 1. The molecule has 1 unspecified atom stereocenters. The number of amides is 1. The standard InChI is InChI=1S/C22H18BrNO3/c1-27-21(16-10-6-3-7-11-16)22(26)24-19-13-12-17(23)14-18(19)20(25)15-8-4-2-5-9-15/h2-14,21H,1H3,(H,24,26). The van der Waals surface area contributed by atoms with Crippen LogP contribution in [0.25, 0.3) is 0 Å². The van der Waals surface area contributed by atoms with Gasteiger partial charge in [0.05, 0.1) is 5.69 Å². The third-order valence-electron chi connectivity index (χ3n) is 4.10. The first-order valence-electron chi connectivity index (χ1n) is 8.38. The van der Waals surface area contributed by atoms with Gasteiger partial charge >= 0.3 is 0 Å². The molecular formula is C22H18BrNO3. The largest absolute Gasteiger partial charge is 0.367 e. The molecule has 27 heavy (non-hydrogen) atoms. The molecule has 4 nitrogen and oxygen atoms in total. The lowest BCUT2D eigenvalue weighted by molar-refractivity contribution is -0.126. The first kappa shape index (κ1) is 19.0. The van der Waals surface area contributed by atoms with Crippen LogP contribution in [0.3, 0.4) is 0 Å². The van der Waals surface area contributed by atoms with Crippen molar-refractivity contribution in [1.29, 1.82) is 0 Å². The predicted octanol–water partition coefficient (Wildman–Crippen LogP) is 5.01. The summed E-state index contributed by atoms with van der Waals surface area (Å²) in [5.74, 6) is -0.506. The Labute approximate surface area is 166 Å². The molecule has 3 aromatic carbocycles. The van der Waals surface area contributed by atoms with Gasteiger partial charge in [0.1, 0.15) is 0 Å². The summed E-state index contributed by atoms with van der Waals surface area (Å²) < 4.78 is 6.13. The molecule has 1 amide bonds. The van der Waals surface area contributed by atoms with Crippen LogP contribution in [0.1, 0.15) is 27.6 Å². The summed E-state index contributed by atoms with van der Waals surface area (Å²) in [7, 11) is 1.48. The van der Waals surface area contributed by atoms with Crippen molar-refractivity contribution in [1.82, 2.24) is 0 Å². The van der Waals surface area contributed by atoms with Crippen molar-refractivity contribution >= 4 is 33.3 Å². The first-order chi connectivity index (χ1) is 13.1. The zero-order valence-electron chi connectivity index (χ0n) is 14.7. The van der Waals surface area contributed by atoms with Gasteiger partial charge < -0.3 is 10.1 Å². The molecule has 0 fully saturated rings. The highest BCUT2D eigenvalue weighted by Gasteiger charge is 2.22. The zero-order chi connectivity index (χ0) is 19.2. The lowest BCUT2D eigenvalue weighted by Crippen LogP contribution is -2.23. The molecule has 0 aliphatic carbocycles. The maximum absolute atomic E-state index is 12.9. The van der Waals surface area contributed by atoms with Gasteiger partial charge in [0.25, 0.3) is 5.91 Å². The van der Waals surface area contributed by atoms with Crippen molar-refractivity contribution in [2.24, 2.45) is 0 Å². The molecule has 1 N–H and O–H groups in total. The van der Waals surface area contributed by atoms with Crippen molar-refractivity contribution in [3.8, 4) is 0 Å². The fraction of sp³-hybridized carbons (Fsp3) is 0.0909. The van der Waals surface area contributed by atoms with E-state index < -0.39 is 6.10 Å². The topological polar surface area (TPSA) is 55.4 Å². The van der Waals surface area contributed by atoms with E-state index in [0.29, 0.717) is 16.8 Å². The molecule has 0 aliphatic rings. The van der Waals surface area contributed by atoms with E-state index in [1.165, 1.54) is 7.11 Å². The monoisotopic (exact) mass is 423 g/mol. The Morgan fingerprint density at radius 2 is 1.56 bits per heavy atom. The number of ketones is 1. The van der Waals surface area contributed by atoms with Crippen LogP contribution in [0.4, 0.5) is 5.69 Å². The van der Waals surface area contributed by atoms with Gasteiger partial charge in [-0.3, -0.25) is 9.59 Å². The van der Waals surface area contributed by atoms with Crippen LogP contribution in [-0.2, 0) is 9.53 Å². The van der Waals surface area contributed by atoms with Crippen LogP contribution in [0.5, 0.6) is 0 Å². The number of rotatable bonds is 6. The maximum Gasteiger partial charge on any atom is 0.258 e. The van der Waals surface area contributed by atoms with Gasteiger partial charge in [-0.15, -0.1) is 0 Å². The highest BCUT2D eigenvalue weighted by atomic mass is 79.9. The minimum absolute atomic E-state index is 0.166. The molecule has 0 saturated carbocycles. The predicted molar refractivity (Wildman–Crippen MR) is 109 cm³/mol. The van der Waals surface area contributed by atoms with Crippen molar-refractivity contribution in [2.45, 2.75) is 6.10 Å². The summed E-state index contributed by atoms with van der Waals surface area (Å²) >= 11 is 3.39. The lowest BCUT2D eigenvalue weighted by atomic mass is 10.0. The zero-order valence-corrected chi connectivity index (χ0v) is 16.3. The Morgan fingerprint density at radius 3 is 2.19 bits per heavy atom. The Balaban J connectivity index is 1.91. The SMILES string of the molecule is COC(C(=O)Nc1ccc(Br)cc1C(=O)c1ccccc1)c1ccccc1. The molecule has 5 heteroatoms. The average Bonchev–Trinajstić information content (AvgIpc) is 2.71. The molecule has 3 aromatic rings. The van der Waals surface area contributed by atoms with Crippen LogP contribution in [0.15, 0.2) is 83.3 Å². The molecule has 0 radical (unpaired) electrons. The average molecular weight is 424 g/mol. The van der Waals surface area contributed by atoms with E-state index >= 15 is 0 Å². The van der Waals surface area contributed by atoms with Crippen molar-refractivity contribution < 1.29 is 14.3 Å². The Morgan fingerprint density at radius 1 is 0.926 bits per heavy atom. The highest BCUT2D eigenvalue weighted by molar-refractivity contribution is 9.10. The minimum atomic E-state index is -0.769. The third kappa shape index (κ3) is 4.51. The van der Waals surface area contributed by atoms with Gasteiger partial charge in [-0.25, -0.2) is 0 Å². The molecular weight excluding hydrogens is 406 g/mol. The number of nitrogens with one attached hydrogen (secondary N) is 1. The second-order valence-electron chi connectivity index (χ2n) is 5.90. The Hall–Kier alpha value is -2.76. The molecule has 0 heterocycles. The molecule has 0 spiro atoms. The first-order valence-corrected chi connectivity index (χ1v) is 9.17. The van der Waals surface area contributed by atoms with Crippen LogP contribution >= 0.6 is 15.9 Å². The summed E-state index contributed by atoms with van der Waals surface area (Å²) in [5.41, 5.74) is 2.14. The summed E-state index contributed by atoms with van der Waals surface area (Å²) in [6, 6.07) is 23.4. The molecule has 0 aromatic heterocycles. The van der Waals surface area contributed by atoms with Crippen LogP contribution < -0.4 is 5.32 Å². The maximum atomic E-state index is 12.9. The summed E-state index contributed by atoms with van der Waals surface area (Å²) in [6.07, 6.45) is -0.769. The van der Waals surface area contributed by atoms with Gasteiger partial charge in [0.2, 0.25) is 0 Å². The highest BCUT2D eigenvalue weighted by Crippen LogP contribution is 2.26. The van der Waals surface area contributed by atoms with E-state index in [0.717, 1.165) is 10.0 Å². The number of hydrogen-bond acceptors (Lipinski definition) is 3. The van der Waals surface area contributed by atoms with Crippen LogP contribution in [-0.4, -0.2) is 18.8 Å². The second-order valence-corrected chi connectivity index (χ2v) is 6.82. The quantitative estimate of drug-likeness (QED) is 0.567. The third-order valence-corrected chi connectivity index (χ3v) is 4.59. The van der Waals surface area contributed by atoms with E-state index in [9.17, 15) is 9.59 Å². The summed E-state index contributed by atoms with van der Waals surface area (Å²) in [6.45, 7) is 0. The van der Waals surface area contributed by atoms with Crippen LogP contribution in [0, 0.1) is 0 Å². The van der Waals surface area contributed by atoms with Gasteiger partial charge in [0, 0.05) is 22.7 Å². The van der Waals surface area contributed by atoms with E-state index in [2.05, 4.69) is 21.2 Å². The smallest absolute Gasteiger partial charge is 0.258 e. The minimum Gasteiger partial charge on any atom is -0.367 e. The summed E-state index contributed by atoms with van der Waals surface area (Å²) in [5, 5.41) is 2.83. The van der Waals surface area contributed by atoms with Crippen LogP contribution in [0.2, 0.25) is 0 Å². The molecule has 0 aliphatic heterocycles.